The van der Waals surface area contributed by atoms with E-state index in [1.54, 1.807) is 7.05 Å². The summed E-state index contributed by atoms with van der Waals surface area (Å²) in [7, 11) is 1.79. The third-order valence-corrected chi connectivity index (χ3v) is 4.12. The Morgan fingerprint density at radius 1 is 1.48 bits per heavy atom. The van der Waals surface area contributed by atoms with Gasteiger partial charge in [-0.25, -0.2) is 5.10 Å². The molecule has 0 aliphatic heterocycles. The number of nitrogens with one attached hydrogen (secondary N) is 1. The average Bonchev–Trinajstić information content (AvgIpc) is 2.62. The molecule has 6 nitrogen and oxygen atoms in total. The highest BCUT2D eigenvalue weighted by molar-refractivity contribution is 5.47. The first-order valence-corrected chi connectivity index (χ1v) is 8.23. The molecule has 25 heavy (non-hydrogen) atoms. The average molecular weight is 339 g/mol. The Morgan fingerprint density at radius 3 is 2.88 bits per heavy atom. The van der Waals surface area contributed by atoms with E-state index >= 15 is 0 Å². The van der Waals surface area contributed by atoms with Crippen LogP contribution in [-0.4, -0.2) is 21.8 Å². The van der Waals surface area contributed by atoms with Crippen LogP contribution < -0.4 is 27.2 Å². The zero-order valence-electron chi connectivity index (χ0n) is 15.0. The summed E-state index contributed by atoms with van der Waals surface area (Å²) in [6.45, 7) is 8.92. The fourth-order valence-corrected chi connectivity index (χ4v) is 2.64. The lowest BCUT2D eigenvalue weighted by molar-refractivity contribution is 0.657. The van der Waals surface area contributed by atoms with Gasteiger partial charge < -0.3 is 10.3 Å². The van der Waals surface area contributed by atoms with E-state index in [0.717, 1.165) is 24.0 Å². The first-order valence-electron chi connectivity index (χ1n) is 8.23. The monoisotopic (exact) mass is 339 g/mol. The van der Waals surface area contributed by atoms with Gasteiger partial charge in [0.25, 0.3) is 5.56 Å². The molecule has 2 heterocycles. The van der Waals surface area contributed by atoms with Crippen molar-refractivity contribution in [3.05, 3.63) is 67.5 Å². The Hall–Kier alpha value is -2.73. The molecule has 0 spiro atoms. The number of nitrogens with zero attached hydrogens (tertiary/aromatic N) is 3. The van der Waals surface area contributed by atoms with Crippen LogP contribution in [0.25, 0.3) is 12.7 Å². The second-order valence-electron chi connectivity index (χ2n) is 5.84. The number of aromatic nitrogens is 3. The molecule has 0 unspecified atom stereocenters. The van der Waals surface area contributed by atoms with Gasteiger partial charge in [-0.05, 0) is 43.5 Å². The van der Waals surface area contributed by atoms with Crippen molar-refractivity contribution in [1.82, 2.24) is 14.8 Å². The lowest BCUT2D eigenvalue weighted by atomic mass is 10.1. The maximum absolute atomic E-state index is 11.8. The molecule has 0 amide bonds. The molecule has 2 aromatic rings. The molecule has 0 radical (unpaired) electrons. The molecule has 2 rings (SSSR count). The highest BCUT2D eigenvalue weighted by Crippen LogP contribution is 2.05. The Bertz CT molecular complexity index is 1010. The summed E-state index contributed by atoms with van der Waals surface area (Å²) >= 11 is 0. The van der Waals surface area contributed by atoms with Gasteiger partial charge in [0.15, 0.2) is 0 Å². The van der Waals surface area contributed by atoms with Gasteiger partial charge in [-0.2, -0.15) is 5.10 Å². The van der Waals surface area contributed by atoms with Gasteiger partial charge in [0, 0.05) is 36.8 Å². The molecule has 6 heteroatoms. The van der Waals surface area contributed by atoms with Gasteiger partial charge >= 0.3 is 0 Å². The molecule has 132 valence electrons. The number of pyridine rings is 1. The molecule has 2 aromatic heterocycles. The van der Waals surface area contributed by atoms with E-state index in [4.69, 9.17) is 5.73 Å². The van der Waals surface area contributed by atoms with E-state index in [1.165, 1.54) is 5.56 Å². The fraction of sp³-hybridized carbons (Fsp3) is 0.316. The number of hydrogen-bond acceptors (Lipinski definition) is 4. The molecule has 0 saturated heterocycles. The molecule has 3 N–H and O–H groups in total. The molecule has 0 fully saturated rings. The number of allylic oxidation sites excluding steroid dienone is 2. The summed E-state index contributed by atoms with van der Waals surface area (Å²) in [4.78, 5) is 16.1. The zero-order valence-corrected chi connectivity index (χ0v) is 15.0. The summed E-state index contributed by atoms with van der Waals surface area (Å²) in [6, 6.07) is 4.06. The number of hydrogen-bond donors (Lipinski definition) is 2. The van der Waals surface area contributed by atoms with Crippen molar-refractivity contribution in [2.24, 2.45) is 10.7 Å². The van der Waals surface area contributed by atoms with Crippen LogP contribution in [0, 0.1) is 6.92 Å². The number of nitrogens with two attached hydrogens (primary N) is 1. The summed E-state index contributed by atoms with van der Waals surface area (Å²) in [5.41, 5.74) is 9.28. The molecular weight excluding hydrogens is 314 g/mol. The van der Waals surface area contributed by atoms with Crippen molar-refractivity contribution in [3.63, 3.8) is 0 Å². The van der Waals surface area contributed by atoms with Gasteiger partial charge in [-0.15, -0.1) is 0 Å². The number of aryl methyl sites for hydroxylation is 2. The minimum absolute atomic E-state index is 0.244. The second kappa shape index (κ2) is 8.39. The van der Waals surface area contributed by atoms with Crippen molar-refractivity contribution < 1.29 is 0 Å². The van der Waals surface area contributed by atoms with Crippen molar-refractivity contribution >= 4 is 12.7 Å². The summed E-state index contributed by atoms with van der Waals surface area (Å²) < 4.78 is 2.12. The smallest absolute Gasteiger partial charge is 0.271 e. The van der Waals surface area contributed by atoms with Crippen molar-refractivity contribution in [3.8, 4) is 0 Å². The maximum Gasteiger partial charge on any atom is 0.271 e. The summed E-state index contributed by atoms with van der Waals surface area (Å²) in [5.74, 6) is 0. The van der Waals surface area contributed by atoms with E-state index in [0.29, 0.717) is 16.1 Å². The normalized spacial score (nSPS) is 13.5. The van der Waals surface area contributed by atoms with E-state index in [9.17, 15) is 4.79 Å². The highest BCUT2D eigenvalue weighted by Gasteiger charge is 2.02. The maximum atomic E-state index is 11.8. The van der Waals surface area contributed by atoms with Crippen LogP contribution in [0.15, 0.2) is 39.8 Å². The van der Waals surface area contributed by atoms with Gasteiger partial charge in [-0.3, -0.25) is 9.79 Å². The minimum Gasteiger partial charge on any atom is -0.333 e. The number of H-pyrrole nitrogens is 1. The summed E-state index contributed by atoms with van der Waals surface area (Å²) in [6.07, 6.45) is 6.86. The fourth-order valence-electron chi connectivity index (χ4n) is 2.64. The first kappa shape index (κ1) is 18.6. The van der Waals surface area contributed by atoms with Crippen LogP contribution in [-0.2, 0) is 13.1 Å². The predicted octanol–water partition coefficient (Wildman–Crippen LogP) is 0.0964. The highest BCUT2D eigenvalue weighted by atomic mass is 16.1. The predicted molar refractivity (Wildman–Crippen MR) is 101 cm³/mol. The van der Waals surface area contributed by atoms with Gasteiger partial charge in [0.2, 0.25) is 0 Å². The van der Waals surface area contributed by atoms with Crippen LogP contribution in [0.1, 0.15) is 24.6 Å². The van der Waals surface area contributed by atoms with E-state index in [-0.39, 0.29) is 12.1 Å². The lowest BCUT2D eigenvalue weighted by Gasteiger charge is -2.09. The largest absolute Gasteiger partial charge is 0.333 e. The molecule has 0 atom stereocenters. The second-order valence-corrected chi connectivity index (χ2v) is 5.84. The van der Waals surface area contributed by atoms with Crippen LogP contribution in [0.3, 0.4) is 0 Å². The standard InChI is InChI=1S/C19H25N5O/c1-5-15(8-9-24-12-13(2)6-7-18(24)21-4)10-16-14(3)19(25)23-22-17(16)11-20/h5-7,10,12H,3,8-9,11,20H2,1-2,4H3,(H,23,25)/b15-5-,16-10+,21-18?. The summed E-state index contributed by atoms with van der Waals surface area (Å²) in [5, 5.41) is 7.54. The first-order chi connectivity index (χ1) is 12.0. The third-order valence-electron chi connectivity index (χ3n) is 4.12. The topological polar surface area (TPSA) is 89.1 Å². The Morgan fingerprint density at radius 2 is 2.24 bits per heavy atom. The number of rotatable bonds is 5. The van der Waals surface area contributed by atoms with Crippen LogP contribution >= 0.6 is 0 Å². The Balaban J connectivity index is 2.38. The van der Waals surface area contributed by atoms with E-state index in [1.807, 2.05) is 31.2 Å². The van der Waals surface area contributed by atoms with Crippen LogP contribution in [0.2, 0.25) is 0 Å². The quantitative estimate of drug-likeness (QED) is 0.809. The van der Waals surface area contributed by atoms with Crippen LogP contribution in [0.5, 0.6) is 0 Å². The third kappa shape index (κ3) is 4.42. The van der Waals surface area contributed by atoms with E-state index < -0.39 is 0 Å². The minimum atomic E-state index is -0.293. The molecule has 0 aliphatic rings. The van der Waals surface area contributed by atoms with Crippen molar-refractivity contribution in [1.29, 1.82) is 0 Å². The molecule has 0 bridgehead atoms. The Kier molecular flexibility index (Phi) is 6.25. The Labute approximate surface area is 146 Å². The SMILES string of the molecule is C=c1c(=O)[nH]nc(CN)/c1=C/C(=C\C)CCn1cc(C)ccc1=NC. The molecule has 0 aliphatic carbocycles. The molecule has 0 aromatic carbocycles. The lowest BCUT2D eigenvalue weighted by Crippen LogP contribution is -2.43. The zero-order chi connectivity index (χ0) is 18.4. The van der Waals surface area contributed by atoms with Gasteiger partial charge in [0.1, 0.15) is 5.49 Å². The van der Waals surface area contributed by atoms with Crippen LogP contribution in [0.4, 0.5) is 0 Å². The van der Waals surface area contributed by atoms with Gasteiger partial charge in [-0.1, -0.05) is 18.7 Å². The van der Waals surface area contributed by atoms with Crippen molar-refractivity contribution in [2.45, 2.75) is 33.4 Å². The molecule has 0 saturated carbocycles. The van der Waals surface area contributed by atoms with Gasteiger partial charge in [0.05, 0.1) is 5.69 Å². The molecular formula is C19H25N5O. The number of aromatic amines is 1. The van der Waals surface area contributed by atoms with E-state index in [2.05, 4.69) is 39.5 Å². The van der Waals surface area contributed by atoms with Crippen molar-refractivity contribution in [2.75, 3.05) is 7.05 Å².